The van der Waals surface area contributed by atoms with Crippen molar-refractivity contribution in [2.45, 2.75) is 39.7 Å². The van der Waals surface area contributed by atoms with Crippen LogP contribution < -0.4 is 15.1 Å². The van der Waals surface area contributed by atoms with Crippen LogP contribution in [-0.2, 0) is 0 Å². The second-order valence-electron chi connectivity index (χ2n) is 8.86. The zero-order valence-corrected chi connectivity index (χ0v) is 19.6. The summed E-state index contributed by atoms with van der Waals surface area (Å²) in [6.07, 6.45) is 2.05. The summed E-state index contributed by atoms with van der Waals surface area (Å²) in [5, 5.41) is 0.488. The van der Waals surface area contributed by atoms with Gasteiger partial charge in [0.05, 0.1) is 23.6 Å². The molecule has 0 N–H and O–H groups in total. The third kappa shape index (κ3) is 3.77. The molecule has 0 radical (unpaired) electrons. The van der Waals surface area contributed by atoms with Gasteiger partial charge in [0, 0.05) is 5.69 Å². The minimum absolute atomic E-state index is 0.107. The van der Waals surface area contributed by atoms with Crippen molar-refractivity contribution in [2.75, 3.05) is 11.5 Å². The van der Waals surface area contributed by atoms with Crippen molar-refractivity contribution in [1.82, 2.24) is 0 Å². The smallest absolute Gasteiger partial charge is 0.295 e. The Kier molecular flexibility index (Phi) is 5.70. The maximum atomic E-state index is 13.7. The van der Waals surface area contributed by atoms with Crippen LogP contribution in [0.25, 0.3) is 11.0 Å². The molecule has 1 atom stereocenters. The van der Waals surface area contributed by atoms with E-state index in [1.165, 1.54) is 0 Å². The van der Waals surface area contributed by atoms with E-state index < -0.39 is 6.04 Å². The van der Waals surface area contributed by atoms with Crippen molar-refractivity contribution in [3.05, 3.63) is 105 Å². The SMILES string of the molecule is CCCCOc1ccc(C2c3c(oc4ccc(C)cc4c3=O)C(=O)N2c2ccc(C)cc2)cc1. The molecule has 1 aliphatic rings. The van der Waals surface area contributed by atoms with Gasteiger partial charge in [0.2, 0.25) is 5.76 Å². The largest absolute Gasteiger partial charge is 0.494 e. The van der Waals surface area contributed by atoms with Gasteiger partial charge in [-0.05, 0) is 62.2 Å². The van der Waals surface area contributed by atoms with Crippen LogP contribution in [0.4, 0.5) is 5.69 Å². The van der Waals surface area contributed by atoms with Crippen molar-refractivity contribution in [2.24, 2.45) is 0 Å². The minimum Gasteiger partial charge on any atom is -0.494 e. The quantitative estimate of drug-likeness (QED) is 0.320. The molecule has 3 aromatic carbocycles. The maximum absolute atomic E-state index is 13.7. The lowest BCUT2D eigenvalue weighted by atomic mass is 9.97. The topological polar surface area (TPSA) is 59.8 Å². The molecule has 5 rings (SSSR count). The Morgan fingerprint density at radius 2 is 1.62 bits per heavy atom. The number of anilines is 1. The lowest BCUT2D eigenvalue weighted by molar-refractivity contribution is 0.0971. The van der Waals surface area contributed by atoms with Crippen molar-refractivity contribution < 1.29 is 13.9 Å². The van der Waals surface area contributed by atoms with E-state index in [9.17, 15) is 9.59 Å². The van der Waals surface area contributed by atoms with Gasteiger partial charge in [-0.25, -0.2) is 0 Å². The Bertz CT molecular complexity index is 1420. The fraction of sp³-hybridized carbons (Fsp3) is 0.241. The number of unbranched alkanes of at least 4 members (excludes halogenated alkanes) is 1. The fourth-order valence-corrected chi connectivity index (χ4v) is 4.45. The maximum Gasteiger partial charge on any atom is 0.295 e. The highest BCUT2D eigenvalue weighted by Crippen LogP contribution is 2.41. The number of hydrogen-bond acceptors (Lipinski definition) is 4. The van der Waals surface area contributed by atoms with E-state index in [-0.39, 0.29) is 17.1 Å². The Morgan fingerprint density at radius 3 is 2.32 bits per heavy atom. The molecule has 4 aromatic rings. The third-order valence-electron chi connectivity index (χ3n) is 6.30. The van der Waals surface area contributed by atoms with Gasteiger partial charge in [-0.15, -0.1) is 0 Å². The van der Waals surface area contributed by atoms with Gasteiger partial charge in [-0.2, -0.15) is 0 Å². The van der Waals surface area contributed by atoms with Gasteiger partial charge in [-0.3, -0.25) is 14.5 Å². The molecule has 172 valence electrons. The summed E-state index contributed by atoms with van der Waals surface area (Å²) in [5.41, 5.74) is 4.23. The molecule has 0 fully saturated rings. The number of aryl methyl sites for hydroxylation is 2. The predicted octanol–water partition coefficient (Wildman–Crippen LogP) is 6.34. The highest BCUT2D eigenvalue weighted by atomic mass is 16.5. The van der Waals surface area contributed by atoms with E-state index in [1.54, 1.807) is 11.0 Å². The number of ether oxygens (including phenoxy) is 1. The summed E-state index contributed by atoms with van der Waals surface area (Å²) in [4.78, 5) is 29.0. The molecule has 1 unspecified atom stereocenters. The second kappa shape index (κ2) is 8.82. The number of rotatable bonds is 6. The molecule has 5 nitrogen and oxygen atoms in total. The summed E-state index contributed by atoms with van der Waals surface area (Å²) in [7, 11) is 0. The van der Waals surface area contributed by atoms with E-state index in [4.69, 9.17) is 9.15 Å². The fourth-order valence-electron chi connectivity index (χ4n) is 4.45. The normalized spacial score (nSPS) is 15.1. The van der Waals surface area contributed by atoms with Crippen LogP contribution in [0, 0.1) is 13.8 Å². The predicted molar refractivity (Wildman–Crippen MR) is 134 cm³/mol. The molecule has 5 heteroatoms. The molecular weight excluding hydrogens is 426 g/mol. The van der Waals surface area contributed by atoms with Crippen LogP contribution >= 0.6 is 0 Å². The van der Waals surface area contributed by atoms with E-state index in [0.29, 0.717) is 23.1 Å². The molecule has 34 heavy (non-hydrogen) atoms. The first kappa shape index (κ1) is 22.0. The van der Waals surface area contributed by atoms with Crippen molar-refractivity contribution in [3.8, 4) is 5.75 Å². The van der Waals surface area contributed by atoms with Crippen LogP contribution in [0.3, 0.4) is 0 Å². The van der Waals surface area contributed by atoms with Crippen LogP contribution in [0.1, 0.15) is 58.6 Å². The summed E-state index contributed by atoms with van der Waals surface area (Å²) >= 11 is 0. The Labute approximate surface area is 198 Å². The van der Waals surface area contributed by atoms with Crippen LogP contribution in [0.15, 0.2) is 75.9 Å². The third-order valence-corrected chi connectivity index (χ3v) is 6.30. The summed E-state index contributed by atoms with van der Waals surface area (Å²) in [6.45, 7) is 6.71. The first-order valence-electron chi connectivity index (χ1n) is 11.7. The number of hydrogen-bond donors (Lipinski definition) is 0. The molecule has 0 spiro atoms. The molecule has 0 saturated heterocycles. The summed E-state index contributed by atoms with van der Waals surface area (Å²) in [6, 6.07) is 20.2. The monoisotopic (exact) mass is 453 g/mol. The van der Waals surface area contributed by atoms with Crippen molar-refractivity contribution >= 4 is 22.6 Å². The molecular formula is C29H27NO4. The van der Waals surface area contributed by atoms with Gasteiger partial charge in [0.15, 0.2) is 5.43 Å². The first-order chi connectivity index (χ1) is 16.5. The first-order valence-corrected chi connectivity index (χ1v) is 11.7. The molecule has 1 amide bonds. The van der Waals surface area contributed by atoms with Crippen LogP contribution in [0.5, 0.6) is 5.75 Å². The molecule has 0 aliphatic carbocycles. The average molecular weight is 454 g/mol. The Hall–Kier alpha value is -3.86. The number of carbonyl (C=O) groups excluding carboxylic acids is 1. The zero-order chi connectivity index (χ0) is 23.8. The Morgan fingerprint density at radius 1 is 0.912 bits per heavy atom. The Balaban J connectivity index is 1.67. The van der Waals surface area contributed by atoms with Crippen molar-refractivity contribution in [1.29, 1.82) is 0 Å². The highest BCUT2D eigenvalue weighted by molar-refractivity contribution is 6.10. The van der Waals surface area contributed by atoms with Gasteiger partial charge in [0.1, 0.15) is 11.3 Å². The summed E-state index contributed by atoms with van der Waals surface area (Å²) < 4.78 is 11.9. The van der Waals surface area contributed by atoms with E-state index in [2.05, 4.69) is 6.92 Å². The molecule has 1 aliphatic heterocycles. The van der Waals surface area contributed by atoms with Gasteiger partial charge in [-0.1, -0.05) is 54.8 Å². The lowest BCUT2D eigenvalue weighted by Crippen LogP contribution is -2.29. The van der Waals surface area contributed by atoms with Crippen LogP contribution in [-0.4, -0.2) is 12.5 Å². The number of benzene rings is 3. The van der Waals surface area contributed by atoms with Gasteiger partial charge < -0.3 is 9.15 Å². The van der Waals surface area contributed by atoms with Gasteiger partial charge >= 0.3 is 0 Å². The number of carbonyl (C=O) groups is 1. The van der Waals surface area contributed by atoms with Gasteiger partial charge in [0.25, 0.3) is 5.91 Å². The molecule has 2 heterocycles. The van der Waals surface area contributed by atoms with Crippen molar-refractivity contribution in [3.63, 3.8) is 0 Å². The van der Waals surface area contributed by atoms with E-state index in [1.807, 2.05) is 74.5 Å². The zero-order valence-electron chi connectivity index (χ0n) is 19.6. The highest BCUT2D eigenvalue weighted by Gasteiger charge is 2.43. The lowest BCUT2D eigenvalue weighted by Gasteiger charge is -2.25. The average Bonchev–Trinajstić information content (AvgIpc) is 3.13. The van der Waals surface area contributed by atoms with E-state index in [0.717, 1.165) is 41.0 Å². The number of nitrogens with zero attached hydrogens (tertiary/aromatic N) is 1. The molecule has 0 saturated carbocycles. The molecule has 1 aromatic heterocycles. The number of fused-ring (bicyclic) bond motifs is 2. The van der Waals surface area contributed by atoms with E-state index >= 15 is 0 Å². The minimum atomic E-state index is -0.587. The standard InChI is InChI=1S/C29H27NO4/c1-4-5-16-33-22-13-9-20(10-14-22)26-25-27(31)23-17-19(3)8-15-24(23)34-28(25)29(32)30(26)21-11-6-18(2)7-12-21/h6-15,17,26H,4-5,16H2,1-3H3. The van der Waals surface area contributed by atoms with Crippen LogP contribution in [0.2, 0.25) is 0 Å². The summed E-state index contributed by atoms with van der Waals surface area (Å²) in [5.74, 6) is 0.562. The molecule has 0 bridgehead atoms. The number of amides is 1. The second-order valence-corrected chi connectivity index (χ2v) is 8.86.